The van der Waals surface area contributed by atoms with Crippen molar-refractivity contribution in [3.8, 4) is 0 Å². The van der Waals surface area contributed by atoms with Crippen molar-refractivity contribution in [1.82, 2.24) is 0 Å². The van der Waals surface area contributed by atoms with Gasteiger partial charge in [0.2, 0.25) is 0 Å². The normalized spacial score (nSPS) is 12.5. The standard InChI is InChI=1S/C23H13Cl2FN2O5/c24-13-2-5-15(6-3-13)28-21(30)16-7-1-12(9-17(16)22(28)31)23(32)33-11-20(29)27-19-10-14(25)4-8-18(19)26/h1-10H,11H2,(H,27,29). The van der Waals surface area contributed by atoms with Crippen LogP contribution in [-0.2, 0) is 9.53 Å². The van der Waals surface area contributed by atoms with E-state index in [1.807, 2.05) is 0 Å². The number of nitrogens with one attached hydrogen (secondary N) is 1. The fraction of sp³-hybridized carbons (Fsp3) is 0.0435. The van der Waals surface area contributed by atoms with Crippen LogP contribution in [0.2, 0.25) is 10.0 Å². The third-order valence-corrected chi connectivity index (χ3v) is 5.23. The van der Waals surface area contributed by atoms with Gasteiger partial charge < -0.3 is 10.1 Å². The molecule has 1 heterocycles. The van der Waals surface area contributed by atoms with E-state index in [0.717, 1.165) is 11.0 Å². The molecule has 1 aliphatic rings. The summed E-state index contributed by atoms with van der Waals surface area (Å²) in [5.74, 6) is -3.54. The van der Waals surface area contributed by atoms with Crippen LogP contribution in [0, 0.1) is 5.82 Å². The lowest BCUT2D eigenvalue weighted by atomic mass is 10.1. The number of esters is 1. The minimum atomic E-state index is -0.898. The van der Waals surface area contributed by atoms with Gasteiger partial charge in [-0.05, 0) is 60.7 Å². The van der Waals surface area contributed by atoms with Crippen molar-refractivity contribution in [1.29, 1.82) is 0 Å². The zero-order valence-electron chi connectivity index (χ0n) is 16.6. The maximum absolute atomic E-state index is 13.7. The van der Waals surface area contributed by atoms with Crippen LogP contribution in [-0.4, -0.2) is 30.3 Å². The van der Waals surface area contributed by atoms with Gasteiger partial charge in [-0.3, -0.25) is 14.4 Å². The number of rotatable bonds is 5. The summed E-state index contributed by atoms with van der Waals surface area (Å²) in [6.45, 7) is -0.703. The molecule has 0 aliphatic carbocycles. The van der Waals surface area contributed by atoms with Crippen LogP contribution in [0.25, 0.3) is 0 Å². The molecule has 3 aromatic carbocycles. The zero-order chi connectivity index (χ0) is 23.7. The predicted molar refractivity (Wildman–Crippen MR) is 119 cm³/mol. The van der Waals surface area contributed by atoms with Crippen molar-refractivity contribution in [2.24, 2.45) is 0 Å². The number of nitrogens with zero attached hydrogens (tertiary/aromatic N) is 1. The van der Waals surface area contributed by atoms with Gasteiger partial charge in [0.15, 0.2) is 6.61 Å². The Kier molecular flexibility index (Phi) is 6.13. The van der Waals surface area contributed by atoms with E-state index >= 15 is 0 Å². The fourth-order valence-corrected chi connectivity index (χ4v) is 3.48. The average molecular weight is 487 g/mol. The molecule has 0 radical (unpaired) electrons. The molecule has 166 valence electrons. The molecule has 0 saturated heterocycles. The first-order valence-electron chi connectivity index (χ1n) is 9.45. The lowest BCUT2D eigenvalue weighted by Crippen LogP contribution is -2.29. The first kappa shape index (κ1) is 22.4. The minimum absolute atomic E-state index is 0.0230. The number of amides is 3. The SMILES string of the molecule is O=C(COC(=O)c1ccc2c(c1)C(=O)N(c1ccc(Cl)cc1)C2=O)Nc1cc(Cl)ccc1F. The summed E-state index contributed by atoms with van der Waals surface area (Å²) in [5.41, 5.74) is 0.289. The van der Waals surface area contributed by atoms with E-state index in [4.69, 9.17) is 27.9 Å². The number of hydrogen-bond donors (Lipinski definition) is 1. The summed E-state index contributed by atoms with van der Waals surface area (Å²) < 4.78 is 18.7. The monoisotopic (exact) mass is 486 g/mol. The molecule has 0 unspecified atom stereocenters. The minimum Gasteiger partial charge on any atom is -0.452 e. The molecule has 4 rings (SSSR count). The third-order valence-electron chi connectivity index (χ3n) is 4.74. The Morgan fingerprint density at radius 2 is 1.55 bits per heavy atom. The number of imide groups is 1. The molecule has 33 heavy (non-hydrogen) atoms. The average Bonchev–Trinajstić information content (AvgIpc) is 3.05. The number of hydrogen-bond acceptors (Lipinski definition) is 5. The second-order valence-electron chi connectivity index (χ2n) is 6.93. The molecule has 0 atom stereocenters. The van der Waals surface area contributed by atoms with Gasteiger partial charge in [-0.2, -0.15) is 0 Å². The molecule has 0 fully saturated rings. The molecule has 10 heteroatoms. The first-order chi connectivity index (χ1) is 15.7. The zero-order valence-corrected chi connectivity index (χ0v) is 18.1. The molecule has 0 aromatic heterocycles. The quantitative estimate of drug-likeness (QED) is 0.415. The fourth-order valence-electron chi connectivity index (χ4n) is 3.19. The topological polar surface area (TPSA) is 92.8 Å². The van der Waals surface area contributed by atoms with Gasteiger partial charge in [0.1, 0.15) is 5.82 Å². The largest absolute Gasteiger partial charge is 0.452 e. The van der Waals surface area contributed by atoms with E-state index in [9.17, 15) is 23.6 Å². The first-order valence-corrected chi connectivity index (χ1v) is 10.2. The van der Waals surface area contributed by atoms with E-state index in [2.05, 4.69) is 5.32 Å². The van der Waals surface area contributed by atoms with Gasteiger partial charge in [0, 0.05) is 10.0 Å². The molecule has 3 amide bonds. The highest BCUT2D eigenvalue weighted by atomic mass is 35.5. The molecule has 3 aromatic rings. The third kappa shape index (κ3) is 4.57. The van der Waals surface area contributed by atoms with Gasteiger partial charge >= 0.3 is 5.97 Å². The van der Waals surface area contributed by atoms with E-state index in [0.29, 0.717) is 10.7 Å². The summed E-state index contributed by atoms with van der Waals surface area (Å²) in [7, 11) is 0. The van der Waals surface area contributed by atoms with Gasteiger partial charge in [-0.15, -0.1) is 0 Å². The second-order valence-corrected chi connectivity index (χ2v) is 7.80. The van der Waals surface area contributed by atoms with Crippen LogP contribution in [0.4, 0.5) is 15.8 Å². The smallest absolute Gasteiger partial charge is 0.338 e. The Balaban J connectivity index is 1.45. The van der Waals surface area contributed by atoms with Crippen LogP contribution < -0.4 is 10.2 Å². The van der Waals surface area contributed by atoms with E-state index < -0.39 is 36.1 Å². The highest BCUT2D eigenvalue weighted by Crippen LogP contribution is 2.30. The van der Waals surface area contributed by atoms with Crippen molar-refractivity contribution in [3.63, 3.8) is 0 Å². The molecular weight excluding hydrogens is 474 g/mol. The summed E-state index contributed by atoms with van der Waals surface area (Å²) in [4.78, 5) is 50.8. The molecule has 1 aliphatic heterocycles. The summed E-state index contributed by atoms with van der Waals surface area (Å²) in [6.07, 6.45) is 0. The molecule has 0 spiro atoms. The summed E-state index contributed by atoms with van der Waals surface area (Å²) in [5, 5.41) is 2.91. The summed E-state index contributed by atoms with van der Waals surface area (Å²) >= 11 is 11.6. The Morgan fingerprint density at radius 1 is 0.879 bits per heavy atom. The lowest BCUT2D eigenvalue weighted by Gasteiger charge is -2.13. The number of benzene rings is 3. The Labute approximate surface area is 196 Å². The highest BCUT2D eigenvalue weighted by molar-refractivity contribution is 6.35. The van der Waals surface area contributed by atoms with Crippen LogP contribution in [0.1, 0.15) is 31.1 Å². The number of ether oxygens (including phenoxy) is 1. The van der Waals surface area contributed by atoms with E-state index in [1.165, 1.54) is 42.5 Å². The maximum Gasteiger partial charge on any atom is 0.338 e. The molecule has 1 N–H and O–H groups in total. The number of carbonyl (C=O) groups excluding carboxylic acids is 4. The lowest BCUT2D eigenvalue weighted by molar-refractivity contribution is -0.119. The number of anilines is 2. The van der Waals surface area contributed by atoms with Gasteiger partial charge in [0.05, 0.1) is 28.1 Å². The molecule has 0 saturated carbocycles. The van der Waals surface area contributed by atoms with Crippen molar-refractivity contribution in [2.75, 3.05) is 16.8 Å². The Hall–Kier alpha value is -3.75. The van der Waals surface area contributed by atoms with Crippen LogP contribution in [0.3, 0.4) is 0 Å². The molecule has 0 bridgehead atoms. The predicted octanol–water partition coefficient (Wildman–Crippen LogP) is 4.73. The van der Waals surface area contributed by atoms with Crippen LogP contribution in [0.5, 0.6) is 0 Å². The molecule has 7 nitrogen and oxygen atoms in total. The molecular formula is C23H13Cl2FN2O5. The Bertz CT molecular complexity index is 1310. The van der Waals surface area contributed by atoms with Crippen molar-refractivity contribution in [3.05, 3.63) is 93.2 Å². The summed E-state index contributed by atoms with van der Waals surface area (Å²) in [6, 6.07) is 13.6. The van der Waals surface area contributed by atoms with Crippen LogP contribution >= 0.6 is 23.2 Å². The maximum atomic E-state index is 13.7. The van der Waals surface area contributed by atoms with Crippen molar-refractivity contribution >= 4 is 58.3 Å². The number of fused-ring (bicyclic) bond motifs is 1. The second kappa shape index (κ2) is 9.01. The van der Waals surface area contributed by atoms with E-state index in [1.54, 1.807) is 12.1 Å². The van der Waals surface area contributed by atoms with E-state index in [-0.39, 0.29) is 27.4 Å². The van der Waals surface area contributed by atoms with Crippen molar-refractivity contribution < 1.29 is 28.3 Å². The van der Waals surface area contributed by atoms with Crippen molar-refractivity contribution in [2.45, 2.75) is 0 Å². The van der Waals surface area contributed by atoms with Crippen LogP contribution in [0.15, 0.2) is 60.7 Å². The van der Waals surface area contributed by atoms with Gasteiger partial charge in [-0.25, -0.2) is 14.1 Å². The number of carbonyl (C=O) groups is 4. The number of halogens is 3. The van der Waals surface area contributed by atoms with Gasteiger partial charge in [-0.1, -0.05) is 23.2 Å². The van der Waals surface area contributed by atoms with Gasteiger partial charge in [0.25, 0.3) is 17.7 Å². The Morgan fingerprint density at radius 3 is 2.27 bits per heavy atom. The highest BCUT2D eigenvalue weighted by Gasteiger charge is 2.37.